The molecule has 3 rings (SSSR count). The minimum absolute atomic E-state index is 0.203. The third kappa shape index (κ3) is 2.63. The molecule has 0 amide bonds. The highest BCUT2D eigenvalue weighted by molar-refractivity contribution is 5.73. The second kappa shape index (κ2) is 5.76. The van der Waals surface area contributed by atoms with Crippen molar-refractivity contribution in [2.45, 2.75) is 18.3 Å². The van der Waals surface area contributed by atoms with Crippen molar-refractivity contribution in [1.29, 1.82) is 0 Å². The van der Waals surface area contributed by atoms with E-state index < -0.39 is 0 Å². The van der Waals surface area contributed by atoms with Crippen molar-refractivity contribution in [3.05, 3.63) is 35.4 Å². The molecule has 0 saturated carbocycles. The molecule has 2 aliphatic heterocycles. The monoisotopic (exact) mass is 300 g/mol. The first-order valence-electron chi connectivity index (χ1n) is 7.82. The van der Waals surface area contributed by atoms with Crippen molar-refractivity contribution in [3.8, 4) is 0 Å². The fourth-order valence-corrected chi connectivity index (χ4v) is 3.84. The molecule has 2 aliphatic rings. The predicted molar refractivity (Wildman–Crippen MR) is 89.2 cm³/mol. The van der Waals surface area contributed by atoms with Crippen LogP contribution >= 0.6 is 0 Å². The lowest BCUT2D eigenvalue weighted by molar-refractivity contribution is -0.139. The van der Waals surface area contributed by atoms with Gasteiger partial charge in [0.25, 0.3) is 0 Å². The largest absolute Gasteiger partial charge is 0.469 e. The van der Waals surface area contributed by atoms with Gasteiger partial charge in [0.05, 0.1) is 13.5 Å². The van der Waals surface area contributed by atoms with E-state index in [0.717, 1.165) is 25.2 Å². The molecule has 0 radical (unpaired) electrons. The average molecular weight is 300 g/mol. The van der Waals surface area contributed by atoms with Crippen LogP contribution < -0.4 is 4.90 Å². The Bertz CT molecular complexity index is 611. The fourth-order valence-electron chi connectivity index (χ4n) is 3.84. The number of likely N-dealkylation sites (N-methyl/N-ethyl adjacent to an activating group) is 2. The van der Waals surface area contributed by atoms with E-state index in [1.807, 2.05) is 12.2 Å². The predicted octanol–water partition coefficient (Wildman–Crippen LogP) is 2.29. The zero-order valence-corrected chi connectivity index (χ0v) is 13.6. The maximum atomic E-state index is 11.2. The van der Waals surface area contributed by atoms with Crippen molar-refractivity contribution < 1.29 is 9.53 Å². The first-order valence-corrected chi connectivity index (χ1v) is 7.82. The standard InChI is InChI=1S/C18H24N2O2/c1-19-10-9-18(12-19)13-20(2)16-8-7-14(11-15(16)18)5-4-6-17(21)22-3/h4-5,7-8,11H,6,9-10,12-13H2,1-3H3/b5-4+. The summed E-state index contributed by atoms with van der Waals surface area (Å²) < 4.78 is 4.66. The lowest BCUT2D eigenvalue weighted by atomic mass is 9.81. The molecule has 1 spiro atoms. The summed E-state index contributed by atoms with van der Waals surface area (Å²) >= 11 is 0. The molecule has 1 fully saturated rings. The molecule has 118 valence electrons. The van der Waals surface area contributed by atoms with E-state index in [4.69, 9.17) is 0 Å². The summed E-state index contributed by atoms with van der Waals surface area (Å²) in [5.41, 5.74) is 4.23. The van der Waals surface area contributed by atoms with E-state index in [-0.39, 0.29) is 11.4 Å². The number of benzene rings is 1. The highest BCUT2D eigenvalue weighted by Gasteiger charge is 2.45. The first kappa shape index (κ1) is 15.1. The smallest absolute Gasteiger partial charge is 0.309 e. The van der Waals surface area contributed by atoms with Crippen LogP contribution in [0.2, 0.25) is 0 Å². The van der Waals surface area contributed by atoms with E-state index in [1.165, 1.54) is 24.8 Å². The van der Waals surface area contributed by atoms with Crippen molar-refractivity contribution in [2.75, 3.05) is 45.7 Å². The lowest BCUT2D eigenvalue weighted by Gasteiger charge is -2.24. The van der Waals surface area contributed by atoms with Gasteiger partial charge in [-0.2, -0.15) is 0 Å². The summed E-state index contributed by atoms with van der Waals surface area (Å²) in [7, 11) is 5.80. The maximum absolute atomic E-state index is 11.2. The number of hydrogen-bond acceptors (Lipinski definition) is 4. The number of rotatable bonds is 3. The van der Waals surface area contributed by atoms with Crippen LogP contribution in [0.1, 0.15) is 24.0 Å². The van der Waals surface area contributed by atoms with Gasteiger partial charge < -0.3 is 14.5 Å². The van der Waals surface area contributed by atoms with Gasteiger partial charge in [-0.1, -0.05) is 18.2 Å². The number of hydrogen-bond donors (Lipinski definition) is 0. The Morgan fingerprint density at radius 1 is 1.36 bits per heavy atom. The van der Waals surface area contributed by atoms with E-state index >= 15 is 0 Å². The summed E-state index contributed by atoms with van der Waals surface area (Å²) in [5.74, 6) is -0.203. The number of methoxy groups -OCH3 is 1. The molecule has 1 unspecified atom stereocenters. The molecule has 1 aromatic carbocycles. The zero-order valence-electron chi connectivity index (χ0n) is 13.6. The molecule has 4 nitrogen and oxygen atoms in total. The van der Waals surface area contributed by atoms with E-state index in [0.29, 0.717) is 6.42 Å². The Balaban J connectivity index is 1.86. The number of esters is 1. The van der Waals surface area contributed by atoms with Gasteiger partial charge in [-0.25, -0.2) is 0 Å². The van der Waals surface area contributed by atoms with Crippen molar-refractivity contribution in [1.82, 2.24) is 4.90 Å². The Morgan fingerprint density at radius 3 is 2.86 bits per heavy atom. The van der Waals surface area contributed by atoms with Gasteiger partial charge in [0.2, 0.25) is 0 Å². The number of likely N-dealkylation sites (tertiary alicyclic amines) is 1. The van der Waals surface area contributed by atoms with E-state index in [1.54, 1.807) is 0 Å². The van der Waals surface area contributed by atoms with Gasteiger partial charge in [0.1, 0.15) is 0 Å². The number of fused-ring (bicyclic) bond motifs is 2. The Morgan fingerprint density at radius 2 is 2.18 bits per heavy atom. The zero-order chi connectivity index (χ0) is 15.7. The minimum atomic E-state index is -0.203. The molecule has 1 saturated heterocycles. The summed E-state index contributed by atoms with van der Waals surface area (Å²) in [6.07, 6.45) is 5.43. The number of ether oxygens (including phenoxy) is 1. The van der Waals surface area contributed by atoms with Crippen molar-refractivity contribution in [3.63, 3.8) is 0 Å². The molecule has 4 heteroatoms. The SMILES string of the molecule is COC(=O)C/C=C/c1ccc2c(c1)C1(CCN(C)C1)CN2C. The first-order chi connectivity index (χ1) is 10.5. The molecule has 0 aromatic heterocycles. The van der Waals surface area contributed by atoms with Gasteiger partial charge in [-0.05, 0) is 43.3 Å². The quantitative estimate of drug-likeness (QED) is 0.802. The lowest BCUT2D eigenvalue weighted by Crippen LogP contribution is -2.34. The molecular formula is C18H24N2O2. The topological polar surface area (TPSA) is 32.8 Å². The van der Waals surface area contributed by atoms with Gasteiger partial charge in [0.15, 0.2) is 0 Å². The van der Waals surface area contributed by atoms with Crippen molar-refractivity contribution in [2.24, 2.45) is 0 Å². The van der Waals surface area contributed by atoms with Crippen LogP contribution in [0.15, 0.2) is 24.3 Å². The molecule has 22 heavy (non-hydrogen) atoms. The number of carbonyl (C=O) groups excluding carboxylic acids is 1. The Labute approximate surface area is 132 Å². The van der Waals surface area contributed by atoms with Gasteiger partial charge in [-0.3, -0.25) is 4.79 Å². The average Bonchev–Trinajstić information content (AvgIpc) is 3.00. The highest BCUT2D eigenvalue weighted by atomic mass is 16.5. The van der Waals surface area contributed by atoms with Crippen LogP contribution in [0.3, 0.4) is 0 Å². The molecule has 2 heterocycles. The number of nitrogens with zero attached hydrogens (tertiary/aromatic N) is 2. The minimum Gasteiger partial charge on any atom is -0.469 e. The molecule has 1 aromatic rings. The second-order valence-electron chi connectivity index (χ2n) is 6.58. The summed E-state index contributed by atoms with van der Waals surface area (Å²) in [6, 6.07) is 6.63. The summed E-state index contributed by atoms with van der Waals surface area (Å²) in [5, 5.41) is 0. The van der Waals surface area contributed by atoms with Crippen LogP contribution in [0, 0.1) is 0 Å². The number of carbonyl (C=O) groups is 1. The number of anilines is 1. The summed E-state index contributed by atoms with van der Waals surface area (Å²) in [4.78, 5) is 16.0. The maximum Gasteiger partial charge on any atom is 0.309 e. The molecule has 1 atom stereocenters. The third-order valence-electron chi connectivity index (χ3n) is 4.91. The Hall–Kier alpha value is -1.81. The summed E-state index contributed by atoms with van der Waals surface area (Å²) in [6.45, 7) is 3.39. The van der Waals surface area contributed by atoms with Gasteiger partial charge in [-0.15, -0.1) is 0 Å². The third-order valence-corrected chi connectivity index (χ3v) is 4.91. The normalized spacial score (nSPS) is 24.4. The van der Waals surface area contributed by atoms with Crippen LogP contribution in [0.25, 0.3) is 6.08 Å². The molecular weight excluding hydrogens is 276 g/mol. The van der Waals surface area contributed by atoms with Gasteiger partial charge >= 0.3 is 5.97 Å². The van der Waals surface area contributed by atoms with Crippen LogP contribution in [0.4, 0.5) is 5.69 Å². The molecule has 0 aliphatic carbocycles. The van der Waals surface area contributed by atoms with Crippen LogP contribution in [0.5, 0.6) is 0 Å². The Kier molecular flexibility index (Phi) is 3.96. The second-order valence-corrected chi connectivity index (χ2v) is 6.58. The van der Waals surface area contributed by atoms with Crippen LogP contribution in [-0.2, 0) is 14.9 Å². The highest BCUT2D eigenvalue weighted by Crippen LogP contribution is 2.45. The van der Waals surface area contributed by atoms with E-state index in [9.17, 15) is 4.79 Å². The van der Waals surface area contributed by atoms with Crippen molar-refractivity contribution >= 4 is 17.7 Å². The van der Waals surface area contributed by atoms with Crippen LogP contribution in [-0.4, -0.2) is 51.7 Å². The molecule has 0 N–H and O–H groups in total. The van der Waals surface area contributed by atoms with Gasteiger partial charge in [0, 0.05) is 31.2 Å². The fraction of sp³-hybridized carbons (Fsp3) is 0.500. The molecule has 0 bridgehead atoms. The van der Waals surface area contributed by atoms with E-state index in [2.05, 4.69) is 46.8 Å².